The van der Waals surface area contributed by atoms with Crippen LogP contribution in [0, 0.1) is 6.92 Å². The molecule has 2 aliphatic carbocycles. The zero-order valence-corrected chi connectivity index (χ0v) is 8.33. The van der Waals surface area contributed by atoms with Crippen LogP contribution in [0.25, 0.3) is 0 Å². The van der Waals surface area contributed by atoms with E-state index < -0.39 is 7.69 Å². The maximum absolute atomic E-state index is 7.12. The molecule has 70 valence electrons. The molecule has 1 aromatic carbocycles. The fraction of sp³-hybridized carbons (Fsp3) is 0.400. The van der Waals surface area contributed by atoms with Gasteiger partial charge in [0.25, 0.3) is 0 Å². The summed E-state index contributed by atoms with van der Waals surface area (Å²) in [6.07, 6.45) is 0. The van der Waals surface area contributed by atoms with Gasteiger partial charge in [-0.05, 0) is 23.6 Å². The Hall–Kier alpha value is -0.795. The summed E-state index contributed by atoms with van der Waals surface area (Å²) in [5.41, 5.74) is 4.89. The third kappa shape index (κ3) is 1.49. The van der Waals surface area contributed by atoms with Crippen LogP contribution in [0.15, 0.2) is 18.2 Å². The molecular formula is C10H15BO2. The lowest BCUT2D eigenvalue weighted by Gasteiger charge is -2.39. The van der Waals surface area contributed by atoms with Crippen LogP contribution < -0.4 is 0 Å². The minimum atomic E-state index is -0.750. The number of hydrogen-bond donors (Lipinski definition) is 2. The molecule has 1 aromatic rings. The molecule has 0 aliphatic heterocycles. The molecule has 3 heteroatoms. The topological polar surface area (TPSA) is 40.5 Å². The first-order valence-electron chi connectivity index (χ1n) is 4.38. The van der Waals surface area contributed by atoms with E-state index in [1.807, 2.05) is 0 Å². The second-order valence-electron chi connectivity index (χ2n) is 3.74. The van der Waals surface area contributed by atoms with Crippen LogP contribution in [-0.2, 0) is 5.41 Å². The summed E-state index contributed by atoms with van der Waals surface area (Å²) in [6, 6.07) is 6.59. The maximum atomic E-state index is 7.12. The number of aryl methyl sites for hydroxylation is 1. The van der Waals surface area contributed by atoms with Crippen LogP contribution >= 0.6 is 0 Å². The molecular weight excluding hydrogens is 163 g/mol. The van der Waals surface area contributed by atoms with Crippen molar-refractivity contribution in [1.29, 1.82) is 0 Å². The normalized spacial score (nSPS) is 15.2. The summed E-state index contributed by atoms with van der Waals surface area (Å²) in [5, 5.41) is 14.2. The monoisotopic (exact) mass is 178 g/mol. The van der Waals surface area contributed by atoms with Crippen molar-refractivity contribution in [2.45, 2.75) is 26.2 Å². The van der Waals surface area contributed by atoms with Crippen LogP contribution in [-0.4, -0.2) is 17.7 Å². The molecule has 0 spiro atoms. The van der Waals surface area contributed by atoms with Crippen LogP contribution in [0.2, 0.25) is 0 Å². The zero-order valence-electron chi connectivity index (χ0n) is 8.33. The molecule has 0 amide bonds. The quantitative estimate of drug-likeness (QED) is 0.578. The van der Waals surface area contributed by atoms with Crippen LogP contribution in [0.4, 0.5) is 0 Å². The van der Waals surface area contributed by atoms with Gasteiger partial charge in [0.15, 0.2) is 0 Å². The van der Waals surface area contributed by atoms with Crippen molar-refractivity contribution < 1.29 is 10.0 Å². The van der Waals surface area contributed by atoms with Gasteiger partial charge in [0, 0.05) is 5.41 Å². The third-order valence-electron chi connectivity index (χ3n) is 2.68. The molecule has 0 fully saturated rings. The highest BCUT2D eigenvalue weighted by molar-refractivity contribution is 6.13. The largest absolute Gasteiger partial charge is 0.432 e. The molecule has 0 saturated carbocycles. The molecule has 2 nitrogen and oxygen atoms in total. The molecule has 2 bridgehead atoms. The number of rotatable bonds is 0. The highest BCUT2D eigenvalue weighted by Gasteiger charge is 2.35. The summed E-state index contributed by atoms with van der Waals surface area (Å²) >= 11 is 0. The molecule has 0 atom stereocenters. The highest BCUT2D eigenvalue weighted by atomic mass is 16.4. The van der Waals surface area contributed by atoms with E-state index in [-0.39, 0.29) is 0 Å². The van der Waals surface area contributed by atoms with Gasteiger partial charge >= 0.3 is 7.69 Å². The Balaban J connectivity index is 0.000000251. The first-order chi connectivity index (χ1) is 6.05. The lowest BCUT2D eigenvalue weighted by Crippen LogP contribution is -2.30. The van der Waals surface area contributed by atoms with Crippen molar-refractivity contribution >= 4 is 7.69 Å². The van der Waals surface area contributed by atoms with Crippen molar-refractivity contribution in [2.75, 3.05) is 0 Å². The summed E-state index contributed by atoms with van der Waals surface area (Å²) in [7, 11) is -0.750. The van der Waals surface area contributed by atoms with Crippen molar-refractivity contribution in [3.05, 3.63) is 34.9 Å². The van der Waals surface area contributed by atoms with Gasteiger partial charge in [-0.15, -0.1) is 0 Å². The molecule has 0 radical (unpaired) electrons. The van der Waals surface area contributed by atoms with Gasteiger partial charge < -0.3 is 10.0 Å². The average molecular weight is 178 g/mol. The lowest BCUT2D eigenvalue weighted by molar-refractivity contribution is 0.448. The van der Waals surface area contributed by atoms with Crippen molar-refractivity contribution in [3.8, 4) is 0 Å². The second-order valence-corrected chi connectivity index (χ2v) is 3.74. The molecule has 2 aliphatic rings. The molecule has 0 unspecified atom stereocenters. The van der Waals surface area contributed by atoms with E-state index in [0.717, 1.165) is 0 Å². The Bertz CT molecular complexity index is 284. The standard InChI is InChI=1S/C10H12.BH3O2/c1-7-8-5-4-6-9(7)10(8,2)3;2-1-3/h4-6H,1-3H3;1-3H. The highest BCUT2D eigenvalue weighted by Crippen LogP contribution is 2.44. The number of hydrogen-bond acceptors (Lipinski definition) is 2. The Morgan fingerprint density at radius 1 is 1.15 bits per heavy atom. The number of benzene rings is 1. The second kappa shape index (κ2) is 3.52. The number of fused-ring (bicyclic) bond motifs is 2. The first-order valence-corrected chi connectivity index (χ1v) is 4.38. The molecule has 0 heterocycles. The molecule has 0 saturated heterocycles. The summed E-state index contributed by atoms with van der Waals surface area (Å²) in [4.78, 5) is 0. The Kier molecular flexibility index (Phi) is 2.79. The minimum Gasteiger partial charge on any atom is -0.430 e. The van der Waals surface area contributed by atoms with E-state index in [4.69, 9.17) is 10.0 Å². The third-order valence-corrected chi connectivity index (χ3v) is 2.68. The predicted octanol–water partition coefficient (Wildman–Crippen LogP) is 0.872. The Morgan fingerprint density at radius 3 is 1.69 bits per heavy atom. The first kappa shape index (κ1) is 10.3. The van der Waals surface area contributed by atoms with Gasteiger partial charge in [0.2, 0.25) is 0 Å². The van der Waals surface area contributed by atoms with Gasteiger partial charge in [-0.2, -0.15) is 0 Å². The average Bonchev–Trinajstić information content (AvgIpc) is 2.06. The smallest absolute Gasteiger partial charge is 0.430 e. The van der Waals surface area contributed by atoms with Gasteiger partial charge in [-0.3, -0.25) is 0 Å². The van der Waals surface area contributed by atoms with Crippen molar-refractivity contribution in [2.24, 2.45) is 0 Å². The Labute approximate surface area is 79.5 Å². The zero-order chi connectivity index (χ0) is 10.1. The molecule has 2 N–H and O–H groups in total. The summed E-state index contributed by atoms with van der Waals surface area (Å²) < 4.78 is 0. The summed E-state index contributed by atoms with van der Waals surface area (Å²) in [6.45, 7) is 6.77. The lowest BCUT2D eigenvalue weighted by atomic mass is 9.64. The predicted molar refractivity (Wildman–Crippen MR) is 54.9 cm³/mol. The van der Waals surface area contributed by atoms with E-state index >= 15 is 0 Å². The van der Waals surface area contributed by atoms with Crippen LogP contribution in [0.5, 0.6) is 0 Å². The van der Waals surface area contributed by atoms with Gasteiger partial charge in [-0.25, -0.2) is 0 Å². The molecule has 0 aromatic heterocycles. The summed E-state index contributed by atoms with van der Waals surface area (Å²) in [5.74, 6) is 0. The van der Waals surface area contributed by atoms with Crippen LogP contribution in [0.3, 0.4) is 0 Å². The maximum Gasteiger partial charge on any atom is 0.432 e. The van der Waals surface area contributed by atoms with E-state index in [1.165, 1.54) is 16.7 Å². The van der Waals surface area contributed by atoms with E-state index in [1.54, 1.807) is 0 Å². The SMILES string of the molecule is Cc1c2cccc1C2(C)C.OBO. The molecule has 13 heavy (non-hydrogen) atoms. The van der Waals surface area contributed by atoms with Crippen LogP contribution in [0.1, 0.15) is 30.5 Å². The fourth-order valence-electron chi connectivity index (χ4n) is 2.07. The van der Waals surface area contributed by atoms with Gasteiger partial charge in [-0.1, -0.05) is 32.0 Å². The van der Waals surface area contributed by atoms with E-state index in [2.05, 4.69) is 39.0 Å². The minimum absolute atomic E-state index is 0.360. The fourth-order valence-corrected chi connectivity index (χ4v) is 2.07. The van der Waals surface area contributed by atoms with E-state index in [9.17, 15) is 0 Å². The Morgan fingerprint density at radius 2 is 1.54 bits per heavy atom. The van der Waals surface area contributed by atoms with E-state index in [0.29, 0.717) is 5.41 Å². The van der Waals surface area contributed by atoms with Gasteiger partial charge in [0.05, 0.1) is 0 Å². The van der Waals surface area contributed by atoms with Crippen molar-refractivity contribution in [1.82, 2.24) is 0 Å². The van der Waals surface area contributed by atoms with Crippen molar-refractivity contribution in [3.63, 3.8) is 0 Å². The van der Waals surface area contributed by atoms with Gasteiger partial charge in [0.1, 0.15) is 0 Å². The molecule has 3 rings (SSSR count).